The van der Waals surface area contributed by atoms with Gasteiger partial charge in [-0.05, 0) is 12.5 Å². The van der Waals surface area contributed by atoms with E-state index in [-0.39, 0.29) is 13.1 Å². The van der Waals surface area contributed by atoms with Gasteiger partial charge in [0.1, 0.15) is 5.60 Å². The van der Waals surface area contributed by atoms with Gasteiger partial charge >= 0.3 is 0 Å². The minimum absolute atomic E-state index is 0.00882. The molecule has 1 N–H and O–H groups in total. The van der Waals surface area contributed by atoms with E-state index in [4.69, 9.17) is 0 Å². The molecule has 0 spiro atoms. The van der Waals surface area contributed by atoms with Gasteiger partial charge in [0.05, 0.1) is 6.54 Å². The minimum Gasteiger partial charge on any atom is -0.382 e. The van der Waals surface area contributed by atoms with E-state index >= 15 is 0 Å². The highest BCUT2D eigenvalue weighted by Crippen LogP contribution is 2.36. The lowest BCUT2D eigenvalue weighted by Gasteiger charge is -2.22. The number of hydrogen-bond donors (Lipinski definition) is 1. The van der Waals surface area contributed by atoms with Gasteiger partial charge in [0.2, 0.25) is 0 Å². The number of β-amino-alcohol motifs (C(OH)–C–C–N with tert-alkyl or cyclic N) is 1. The van der Waals surface area contributed by atoms with Crippen molar-refractivity contribution in [1.82, 2.24) is 4.90 Å². The summed E-state index contributed by atoms with van der Waals surface area (Å²) in [6.45, 7) is 1.27. The molecule has 0 aromatic heterocycles. The Hall–Kier alpha value is -1.00. The number of halogens is 2. The normalized spacial score (nSPS) is 29.5. The monoisotopic (exact) mass is 227 g/mol. The van der Waals surface area contributed by atoms with Crippen molar-refractivity contribution in [2.75, 3.05) is 13.1 Å². The van der Waals surface area contributed by atoms with E-state index in [1.165, 1.54) is 6.92 Å². The summed E-state index contributed by atoms with van der Waals surface area (Å²) in [7, 11) is 0. The number of likely N-dealkylation sites (tertiary alicyclic amines) is 1. The fraction of sp³-hybridized carbons (Fsp3) is 0.500. The molecule has 0 amide bonds. The van der Waals surface area contributed by atoms with Gasteiger partial charge < -0.3 is 5.11 Å². The number of hydrogen-bond acceptors (Lipinski definition) is 2. The molecule has 0 radical (unpaired) electrons. The number of aliphatic hydroxyl groups is 1. The maximum atomic E-state index is 13.4. The van der Waals surface area contributed by atoms with Crippen molar-refractivity contribution >= 4 is 0 Å². The topological polar surface area (TPSA) is 23.5 Å². The van der Waals surface area contributed by atoms with Gasteiger partial charge in [-0.1, -0.05) is 30.3 Å². The van der Waals surface area contributed by atoms with Crippen LogP contribution in [0.25, 0.3) is 0 Å². The second kappa shape index (κ2) is 3.79. The molecule has 4 heteroatoms. The van der Waals surface area contributed by atoms with Gasteiger partial charge in [0.15, 0.2) is 0 Å². The summed E-state index contributed by atoms with van der Waals surface area (Å²) in [5.41, 5.74) is -0.932. The predicted molar refractivity (Wildman–Crippen MR) is 57.3 cm³/mol. The summed E-state index contributed by atoms with van der Waals surface area (Å²) in [5, 5.41) is 9.58. The van der Waals surface area contributed by atoms with E-state index in [0.29, 0.717) is 6.54 Å². The van der Waals surface area contributed by atoms with Gasteiger partial charge in [0.25, 0.3) is 5.92 Å². The molecule has 0 saturated carbocycles. The fourth-order valence-electron chi connectivity index (χ4n) is 2.01. The molecule has 1 atom stereocenters. The predicted octanol–water partition coefficient (Wildman–Crippen LogP) is 1.89. The lowest BCUT2D eigenvalue weighted by molar-refractivity contribution is -0.134. The maximum Gasteiger partial charge on any atom is 0.289 e. The molecule has 1 saturated heterocycles. The summed E-state index contributed by atoms with van der Waals surface area (Å²) in [6, 6.07) is 9.43. The molecule has 1 fully saturated rings. The molecular formula is C12H15F2NO. The second-order valence-corrected chi connectivity index (χ2v) is 4.61. The first-order chi connectivity index (χ1) is 7.41. The van der Waals surface area contributed by atoms with Crippen LogP contribution in [-0.2, 0) is 6.54 Å². The molecule has 0 aliphatic carbocycles. The molecular weight excluding hydrogens is 212 g/mol. The SMILES string of the molecule is CC1(O)CN(Cc2ccccc2)CC1(F)F. The van der Waals surface area contributed by atoms with Crippen LogP contribution < -0.4 is 0 Å². The van der Waals surface area contributed by atoms with Crippen molar-refractivity contribution in [3.8, 4) is 0 Å². The molecule has 1 aliphatic rings. The van der Waals surface area contributed by atoms with Crippen molar-refractivity contribution in [2.24, 2.45) is 0 Å². The first-order valence-corrected chi connectivity index (χ1v) is 5.27. The van der Waals surface area contributed by atoms with Crippen molar-refractivity contribution in [3.63, 3.8) is 0 Å². The molecule has 1 unspecified atom stereocenters. The molecule has 1 aliphatic heterocycles. The highest BCUT2D eigenvalue weighted by molar-refractivity contribution is 5.15. The van der Waals surface area contributed by atoms with E-state index in [9.17, 15) is 13.9 Å². The molecule has 1 heterocycles. The van der Waals surface area contributed by atoms with Crippen LogP contribution in [0.3, 0.4) is 0 Å². The van der Waals surface area contributed by atoms with Crippen molar-refractivity contribution in [1.29, 1.82) is 0 Å². The summed E-state index contributed by atoms with van der Waals surface area (Å²) >= 11 is 0. The van der Waals surface area contributed by atoms with Crippen molar-refractivity contribution < 1.29 is 13.9 Å². The Labute approximate surface area is 93.5 Å². The van der Waals surface area contributed by atoms with Gasteiger partial charge in [-0.25, -0.2) is 8.78 Å². The van der Waals surface area contributed by atoms with Gasteiger partial charge in [-0.2, -0.15) is 0 Å². The van der Waals surface area contributed by atoms with E-state index in [0.717, 1.165) is 5.56 Å². The van der Waals surface area contributed by atoms with Crippen LogP contribution >= 0.6 is 0 Å². The van der Waals surface area contributed by atoms with Gasteiger partial charge in [-0.3, -0.25) is 4.90 Å². The Balaban J connectivity index is 2.05. The Bertz CT molecular complexity index is 349. The average molecular weight is 227 g/mol. The van der Waals surface area contributed by atoms with Crippen molar-refractivity contribution in [3.05, 3.63) is 35.9 Å². The molecule has 2 rings (SSSR count). The second-order valence-electron chi connectivity index (χ2n) is 4.61. The Morgan fingerprint density at radius 3 is 2.38 bits per heavy atom. The summed E-state index contributed by atoms with van der Waals surface area (Å²) in [5.74, 6) is -3.03. The fourth-order valence-corrected chi connectivity index (χ4v) is 2.01. The molecule has 2 nitrogen and oxygen atoms in total. The molecule has 1 aromatic rings. The van der Waals surface area contributed by atoms with Crippen molar-refractivity contribution in [2.45, 2.75) is 25.0 Å². The Morgan fingerprint density at radius 2 is 1.88 bits per heavy atom. The van der Waals surface area contributed by atoms with Crippen LogP contribution in [0.15, 0.2) is 30.3 Å². The van der Waals surface area contributed by atoms with E-state index in [1.54, 1.807) is 4.90 Å². The number of rotatable bonds is 2. The average Bonchev–Trinajstić information content (AvgIpc) is 2.36. The molecule has 16 heavy (non-hydrogen) atoms. The zero-order valence-corrected chi connectivity index (χ0v) is 9.16. The lowest BCUT2D eigenvalue weighted by atomic mass is 10.0. The van der Waals surface area contributed by atoms with Crippen LogP contribution in [0.2, 0.25) is 0 Å². The van der Waals surface area contributed by atoms with E-state index in [1.807, 2.05) is 30.3 Å². The van der Waals surface area contributed by atoms with E-state index < -0.39 is 11.5 Å². The third-order valence-electron chi connectivity index (χ3n) is 2.99. The smallest absolute Gasteiger partial charge is 0.289 e. The first kappa shape index (κ1) is 11.5. The highest BCUT2D eigenvalue weighted by Gasteiger charge is 2.56. The summed E-state index contributed by atoms with van der Waals surface area (Å²) in [4.78, 5) is 1.58. The highest BCUT2D eigenvalue weighted by atomic mass is 19.3. The molecule has 0 bridgehead atoms. The van der Waals surface area contributed by atoms with Gasteiger partial charge in [-0.15, -0.1) is 0 Å². The Kier molecular flexibility index (Phi) is 2.72. The summed E-state index contributed by atoms with van der Waals surface area (Å²) in [6.07, 6.45) is 0. The van der Waals surface area contributed by atoms with Crippen LogP contribution in [0.5, 0.6) is 0 Å². The molecule has 88 valence electrons. The van der Waals surface area contributed by atoms with Crippen LogP contribution in [0.4, 0.5) is 8.78 Å². The standard InChI is InChI=1S/C12H15F2NO/c1-11(16)8-15(9-12(11,13)14)7-10-5-3-2-4-6-10/h2-6,16H,7-9H2,1H3. The van der Waals surface area contributed by atoms with Gasteiger partial charge in [0, 0.05) is 13.1 Å². The quantitative estimate of drug-likeness (QED) is 0.834. The number of alkyl halides is 2. The largest absolute Gasteiger partial charge is 0.382 e. The number of benzene rings is 1. The third-order valence-corrected chi connectivity index (χ3v) is 2.99. The molecule has 1 aromatic carbocycles. The zero-order valence-electron chi connectivity index (χ0n) is 9.16. The van der Waals surface area contributed by atoms with Crippen LogP contribution in [0, 0.1) is 0 Å². The Morgan fingerprint density at radius 1 is 1.25 bits per heavy atom. The number of nitrogens with zero attached hydrogens (tertiary/aromatic N) is 1. The zero-order chi connectivity index (χ0) is 11.8. The van der Waals surface area contributed by atoms with E-state index in [2.05, 4.69) is 0 Å². The third kappa shape index (κ3) is 2.08. The van der Waals surface area contributed by atoms with Crippen LogP contribution in [0.1, 0.15) is 12.5 Å². The first-order valence-electron chi connectivity index (χ1n) is 5.27. The minimum atomic E-state index is -3.03. The maximum absolute atomic E-state index is 13.4. The van der Waals surface area contributed by atoms with Crippen LogP contribution in [-0.4, -0.2) is 34.6 Å². The lowest BCUT2D eigenvalue weighted by Crippen LogP contribution is -2.43. The summed E-state index contributed by atoms with van der Waals surface area (Å²) < 4.78 is 26.8.